The minimum Gasteiger partial charge on any atom is -0.102 e. The van der Waals surface area contributed by atoms with Crippen molar-refractivity contribution in [2.24, 2.45) is 16.2 Å². The Bertz CT molecular complexity index is 2180. The van der Waals surface area contributed by atoms with Crippen molar-refractivity contribution in [3.63, 3.8) is 0 Å². The Morgan fingerprint density at radius 2 is 1.00 bits per heavy atom. The molecule has 0 nitrogen and oxygen atoms in total. The second kappa shape index (κ2) is 10.1. The first kappa shape index (κ1) is 27.9. The smallest absolute Gasteiger partial charge is 0.0313 e. The molecule has 6 aromatic rings. The predicted molar refractivity (Wildman–Crippen MR) is 194 cm³/mol. The monoisotopic (exact) mass is 566 g/mol. The van der Waals surface area contributed by atoms with E-state index in [0.717, 1.165) is 12.8 Å². The summed E-state index contributed by atoms with van der Waals surface area (Å²) in [6.07, 6.45) is 14.0. The van der Waals surface area contributed by atoms with Crippen molar-refractivity contribution >= 4 is 53.9 Å². The topological polar surface area (TPSA) is 0 Å². The van der Waals surface area contributed by atoms with Gasteiger partial charge in [-0.25, -0.2) is 0 Å². The zero-order valence-electron chi connectivity index (χ0n) is 25.4. The zero-order valence-corrected chi connectivity index (χ0v) is 25.4. The first-order chi connectivity index (χ1) is 21.4. The molecule has 0 amide bonds. The normalized spacial score (nSPS) is 18.7. The van der Waals surface area contributed by atoms with Gasteiger partial charge in [0.2, 0.25) is 0 Å². The molecule has 0 aromatic heterocycles. The molecule has 1 atom stereocenters. The first-order valence-corrected chi connectivity index (χ1v) is 15.5. The van der Waals surface area contributed by atoms with Crippen LogP contribution in [0.5, 0.6) is 0 Å². The summed E-state index contributed by atoms with van der Waals surface area (Å²) in [4.78, 5) is 0. The van der Waals surface area contributed by atoms with Crippen LogP contribution in [-0.2, 0) is 0 Å². The summed E-state index contributed by atoms with van der Waals surface area (Å²) in [5.74, 6) is 0.102. The molecular formula is C44H38. The van der Waals surface area contributed by atoms with Crippen molar-refractivity contribution in [2.45, 2.75) is 18.8 Å². The lowest BCUT2D eigenvalue weighted by atomic mass is 9.41. The molecule has 0 heterocycles. The summed E-state index contributed by atoms with van der Waals surface area (Å²) in [7, 11) is 0. The second-order valence-electron chi connectivity index (χ2n) is 12.5. The third-order valence-corrected chi connectivity index (χ3v) is 11.0. The van der Waals surface area contributed by atoms with Crippen molar-refractivity contribution in [3.05, 3.63) is 172 Å². The standard InChI is InChI=1S/C44H38/c1-7-42(8-2)23-22-41(43(9-3,10-4)44(42,11-5)12-6)37-19-15-18-32-26-33-20-21-34-27-35-24-30-16-13-14-17-31(30)25-36(35)28-38(34)40(33)29-39(32)37/h7-21,24-29,41H,1-6,22-23H2. The van der Waals surface area contributed by atoms with Gasteiger partial charge in [-0.2, -0.15) is 0 Å². The van der Waals surface area contributed by atoms with E-state index >= 15 is 0 Å². The molecule has 0 spiro atoms. The molecule has 44 heavy (non-hydrogen) atoms. The van der Waals surface area contributed by atoms with Crippen LogP contribution >= 0.6 is 0 Å². The molecule has 0 bridgehead atoms. The lowest BCUT2D eigenvalue weighted by Gasteiger charge is -2.61. The minimum absolute atomic E-state index is 0.102. The van der Waals surface area contributed by atoms with Crippen molar-refractivity contribution < 1.29 is 0 Å². The molecule has 6 aromatic carbocycles. The molecule has 0 saturated heterocycles. The van der Waals surface area contributed by atoms with E-state index in [4.69, 9.17) is 0 Å². The van der Waals surface area contributed by atoms with Gasteiger partial charge in [0.15, 0.2) is 0 Å². The Morgan fingerprint density at radius 1 is 0.477 bits per heavy atom. The van der Waals surface area contributed by atoms with Gasteiger partial charge in [-0.15, -0.1) is 39.5 Å². The Hall–Kier alpha value is -4.94. The van der Waals surface area contributed by atoms with E-state index in [1.165, 1.54) is 59.4 Å². The van der Waals surface area contributed by atoms with Crippen LogP contribution in [0, 0.1) is 16.2 Å². The van der Waals surface area contributed by atoms with Crippen molar-refractivity contribution in [3.8, 4) is 0 Å². The maximum Gasteiger partial charge on any atom is 0.0313 e. The molecule has 0 heteroatoms. The van der Waals surface area contributed by atoms with E-state index in [1.54, 1.807) is 0 Å². The van der Waals surface area contributed by atoms with Crippen LogP contribution in [0.4, 0.5) is 0 Å². The summed E-state index contributed by atoms with van der Waals surface area (Å²) in [6.45, 7) is 26.1. The largest absolute Gasteiger partial charge is 0.102 e. The Morgan fingerprint density at radius 3 is 1.59 bits per heavy atom. The fourth-order valence-electron chi connectivity index (χ4n) is 8.68. The molecule has 0 N–H and O–H groups in total. The fourth-order valence-corrected chi connectivity index (χ4v) is 8.68. The second-order valence-corrected chi connectivity index (χ2v) is 12.5. The van der Waals surface area contributed by atoms with E-state index in [-0.39, 0.29) is 5.92 Å². The fraction of sp³-hybridized carbons (Fsp3) is 0.136. The van der Waals surface area contributed by atoms with Gasteiger partial charge in [0.1, 0.15) is 0 Å². The van der Waals surface area contributed by atoms with Gasteiger partial charge in [-0.3, -0.25) is 0 Å². The average molecular weight is 567 g/mol. The van der Waals surface area contributed by atoms with E-state index < -0.39 is 16.2 Å². The molecule has 1 fully saturated rings. The van der Waals surface area contributed by atoms with Gasteiger partial charge < -0.3 is 0 Å². The highest BCUT2D eigenvalue weighted by atomic mass is 14.6. The van der Waals surface area contributed by atoms with Gasteiger partial charge >= 0.3 is 0 Å². The van der Waals surface area contributed by atoms with Crippen LogP contribution in [0.15, 0.2) is 167 Å². The number of hydrogen-bond acceptors (Lipinski definition) is 0. The predicted octanol–water partition coefficient (Wildman–Crippen LogP) is 12.4. The quantitative estimate of drug-likeness (QED) is 0.102. The maximum absolute atomic E-state index is 4.41. The summed E-state index contributed by atoms with van der Waals surface area (Å²) >= 11 is 0. The number of fused-ring (bicyclic) bond motifs is 6. The SMILES string of the molecule is C=CC1(C=C)CCC(c2cccc3cc4ccc5cc6cc7ccccc7cc6cc5c4cc23)C(C=C)(C=C)C1(C=C)C=C. The van der Waals surface area contributed by atoms with E-state index in [1.807, 2.05) is 24.3 Å². The highest BCUT2D eigenvalue weighted by molar-refractivity contribution is 6.16. The molecule has 7 rings (SSSR count). The van der Waals surface area contributed by atoms with Crippen molar-refractivity contribution in [1.29, 1.82) is 0 Å². The Kier molecular flexibility index (Phi) is 6.38. The molecular weight excluding hydrogens is 528 g/mol. The van der Waals surface area contributed by atoms with E-state index in [0.29, 0.717) is 0 Å². The maximum atomic E-state index is 4.41. The molecule has 214 valence electrons. The van der Waals surface area contributed by atoms with Crippen molar-refractivity contribution in [2.75, 3.05) is 0 Å². The zero-order chi connectivity index (χ0) is 30.7. The first-order valence-electron chi connectivity index (χ1n) is 15.5. The molecule has 1 aliphatic rings. The third kappa shape index (κ3) is 3.52. The third-order valence-electron chi connectivity index (χ3n) is 11.0. The lowest BCUT2D eigenvalue weighted by molar-refractivity contribution is 0.0488. The highest BCUT2D eigenvalue weighted by Gasteiger charge is 2.61. The Balaban J connectivity index is 1.51. The number of hydrogen-bond donors (Lipinski definition) is 0. The summed E-state index contributed by atoms with van der Waals surface area (Å²) < 4.78 is 0. The molecule has 1 saturated carbocycles. The average Bonchev–Trinajstić information content (AvgIpc) is 3.07. The number of benzene rings is 6. The van der Waals surface area contributed by atoms with Crippen LogP contribution in [-0.4, -0.2) is 0 Å². The number of rotatable bonds is 7. The van der Waals surface area contributed by atoms with Crippen molar-refractivity contribution in [1.82, 2.24) is 0 Å². The van der Waals surface area contributed by atoms with Gasteiger partial charge in [0.25, 0.3) is 0 Å². The lowest BCUT2D eigenvalue weighted by Crippen LogP contribution is -2.54. The van der Waals surface area contributed by atoms with Gasteiger partial charge in [0, 0.05) is 16.2 Å². The Labute approximate surface area is 260 Å². The highest BCUT2D eigenvalue weighted by Crippen LogP contribution is 2.68. The van der Waals surface area contributed by atoms with E-state index in [2.05, 4.69) is 143 Å². The van der Waals surface area contributed by atoms with E-state index in [9.17, 15) is 0 Å². The summed E-state index contributed by atoms with van der Waals surface area (Å²) in [5, 5.41) is 12.6. The van der Waals surface area contributed by atoms with Crippen LogP contribution in [0.3, 0.4) is 0 Å². The van der Waals surface area contributed by atoms with Gasteiger partial charge in [0.05, 0.1) is 0 Å². The molecule has 1 aliphatic carbocycles. The van der Waals surface area contributed by atoms with Crippen LogP contribution in [0.2, 0.25) is 0 Å². The van der Waals surface area contributed by atoms with Crippen LogP contribution in [0.25, 0.3) is 53.9 Å². The minimum atomic E-state index is -0.594. The van der Waals surface area contributed by atoms with Crippen LogP contribution < -0.4 is 0 Å². The molecule has 0 aliphatic heterocycles. The molecule has 0 radical (unpaired) electrons. The molecule has 1 unspecified atom stereocenters. The summed E-state index contributed by atoms with van der Waals surface area (Å²) in [5.41, 5.74) is -0.281. The summed E-state index contributed by atoms with van der Waals surface area (Å²) in [6, 6.07) is 33.9. The van der Waals surface area contributed by atoms with Crippen LogP contribution in [0.1, 0.15) is 24.3 Å². The van der Waals surface area contributed by atoms with Gasteiger partial charge in [-0.05, 0) is 115 Å². The van der Waals surface area contributed by atoms with Gasteiger partial charge in [-0.1, -0.05) is 91.1 Å². The number of allylic oxidation sites excluding steroid dienone is 6.